The highest BCUT2D eigenvalue weighted by molar-refractivity contribution is 7.86. The molecular weight excluding hydrogens is 228 g/mol. The van der Waals surface area contributed by atoms with Crippen LogP contribution in [0.15, 0.2) is 12.1 Å². The average molecular weight is 237 g/mol. The predicted molar refractivity (Wildman–Crippen MR) is 51.4 cm³/mol. The van der Waals surface area contributed by atoms with Gasteiger partial charge in [-0.25, -0.2) is 0 Å². The third-order valence-corrected chi connectivity index (χ3v) is 2.23. The molecule has 0 aromatic carbocycles. The quantitative estimate of drug-likeness (QED) is 0.737. The van der Waals surface area contributed by atoms with Crippen LogP contribution in [0, 0.1) is 0 Å². The second-order valence-electron chi connectivity index (χ2n) is 2.72. The van der Waals surface area contributed by atoms with Gasteiger partial charge in [0.2, 0.25) is 0 Å². The minimum atomic E-state index is -3.48. The van der Waals surface area contributed by atoms with Gasteiger partial charge in [-0.05, 0) is 19.1 Å². The van der Waals surface area contributed by atoms with Gasteiger partial charge >= 0.3 is 0 Å². The largest absolute Gasteiger partial charge is 0.265 e. The van der Waals surface area contributed by atoms with Crippen molar-refractivity contribution in [2.45, 2.75) is 13.0 Å². The molecule has 0 aliphatic rings. The Hall–Kier alpha value is -0.720. The van der Waals surface area contributed by atoms with Crippen molar-refractivity contribution in [3.8, 4) is 0 Å². The molecular formula is C7H9ClN2O3S. The highest BCUT2D eigenvalue weighted by Gasteiger charge is 2.13. The van der Waals surface area contributed by atoms with Crippen LogP contribution in [-0.4, -0.2) is 24.9 Å². The summed E-state index contributed by atoms with van der Waals surface area (Å²) in [6.45, 7) is 1.57. The molecule has 1 atom stereocenters. The number of aromatic nitrogens is 2. The summed E-state index contributed by atoms with van der Waals surface area (Å²) in [5.74, 6) is 0. The monoisotopic (exact) mass is 236 g/mol. The lowest BCUT2D eigenvalue weighted by Crippen LogP contribution is -2.09. The van der Waals surface area contributed by atoms with Crippen LogP contribution in [0.4, 0.5) is 0 Å². The van der Waals surface area contributed by atoms with Gasteiger partial charge in [-0.15, -0.1) is 5.10 Å². The Bertz CT molecular complexity index is 403. The van der Waals surface area contributed by atoms with Crippen molar-refractivity contribution >= 4 is 21.7 Å². The van der Waals surface area contributed by atoms with Crippen molar-refractivity contribution in [2.24, 2.45) is 0 Å². The van der Waals surface area contributed by atoms with Crippen molar-refractivity contribution in [3.05, 3.63) is 23.0 Å². The topological polar surface area (TPSA) is 69.2 Å². The van der Waals surface area contributed by atoms with E-state index in [-0.39, 0.29) is 5.15 Å². The molecule has 0 bridgehead atoms. The summed E-state index contributed by atoms with van der Waals surface area (Å²) in [5, 5.41) is 7.51. The summed E-state index contributed by atoms with van der Waals surface area (Å²) in [7, 11) is -3.48. The van der Waals surface area contributed by atoms with Crippen LogP contribution in [0.25, 0.3) is 0 Å². The Labute approximate surface area is 87.2 Å². The molecule has 0 aliphatic carbocycles. The smallest absolute Gasteiger partial charge is 0.261 e. The fourth-order valence-corrected chi connectivity index (χ4v) is 1.58. The third-order valence-electron chi connectivity index (χ3n) is 1.39. The van der Waals surface area contributed by atoms with Crippen LogP contribution in [0.1, 0.15) is 18.7 Å². The van der Waals surface area contributed by atoms with E-state index in [0.29, 0.717) is 5.69 Å². The molecule has 7 heteroatoms. The average Bonchev–Trinajstić information content (AvgIpc) is 2.02. The first kappa shape index (κ1) is 11.4. The minimum Gasteiger partial charge on any atom is -0.261 e. The minimum absolute atomic E-state index is 0.250. The van der Waals surface area contributed by atoms with Crippen LogP contribution in [0.2, 0.25) is 5.15 Å². The molecule has 0 saturated carbocycles. The first-order chi connectivity index (χ1) is 6.38. The third kappa shape index (κ3) is 3.57. The van der Waals surface area contributed by atoms with Gasteiger partial charge < -0.3 is 0 Å². The molecule has 78 valence electrons. The van der Waals surface area contributed by atoms with Crippen LogP contribution in [-0.2, 0) is 14.3 Å². The van der Waals surface area contributed by atoms with Crippen molar-refractivity contribution in [1.82, 2.24) is 10.2 Å². The van der Waals surface area contributed by atoms with E-state index in [1.165, 1.54) is 6.07 Å². The lowest BCUT2D eigenvalue weighted by Gasteiger charge is -2.08. The molecule has 1 unspecified atom stereocenters. The van der Waals surface area contributed by atoms with E-state index in [2.05, 4.69) is 10.2 Å². The predicted octanol–water partition coefficient (Wildman–Crippen LogP) is 1.17. The molecule has 1 aromatic heterocycles. The molecule has 14 heavy (non-hydrogen) atoms. The molecule has 1 rings (SSSR count). The van der Waals surface area contributed by atoms with E-state index in [9.17, 15) is 8.42 Å². The summed E-state index contributed by atoms with van der Waals surface area (Å²) in [4.78, 5) is 0. The van der Waals surface area contributed by atoms with Gasteiger partial charge in [-0.3, -0.25) is 4.18 Å². The zero-order chi connectivity index (χ0) is 10.8. The molecule has 1 aromatic rings. The van der Waals surface area contributed by atoms with E-state index in [4.69, 9.17) is 15.8 Å². The van der Waals surface area contributed by atoms with E-state index < -0.39 is 16.2 Å². The molecule has 0 radical (unpaired) electrons. The Morgan fingerprint density at radius 2 is 2.07 bits per heavy atom. The lowest BCUT2D eigenvalue weighted by atomic mass is 10.3. The van der Waals surface area contributed by atoms with Crippen molar-refractivity contribution in [2.75, 3.05) is 6.26 Å². The Kier molecular flexibility index (Phi) is 3.41. The van der Waals surface area contributed by atoms with Crippen molar-refractivity contribution in [3.63, 3.8) is 0 Å². The number of halogens is 1. The fourth-order valence-electron chi connectivity index (χ4n) is 0.855. The fraction of sp³-hybridized carbons (Fsp3) is 0.429. The van der Waals surface area contributed by atoms with E-state index in [0.717, 1.165) is 6.26 Å². The first-order valence-corrected chi connectivity index (χ1v) is 5.95. The maximum Gasteiger partial charge on any atom is 0.265 e. The number of rotatable bonds is 3. The maximum atomic E-state index is 10.8. The standard InChI is InChI=1S/C7H9ClN2O3S/c1-5(13-14(2,11)12)6-3-4-7(8)10-9-6/h3-5H,1-2H3. The van der Waals surface area contributed by atoms with Crippen LogP contribution < -0.4 is 0 Å². The van der Waals surface area contributed by atoms with E-state index in [1.54, 1.807) is 13.0 Å². The molecule has 0 spiro atoms. The van der Waals surface area contributed by atoms with Crippen molar-refractivity contribution < 1.29 is 12.6 Å². The van der Waals surface area contributed by atoms with Gasteiger partial charge in [0, 0.05) is 0 Å². The second kappa shape index (κ2) is 4.20. The Morgan fingerprint density at radius 3 is 2.50 bits per heavy atom. The highest BCUT2D eigenvalue weighted by Crippen LogP contribution is 2.16. The van der Waals surface area contributed by atoms with Crippen LogP contribution >= 0.6 is 11.6 Å². The summed E-state index contributed by atoms with van der Waals surface area (Å²) < 4.78 is 26.3. The van der Waals surface area contributed by atoms with Gasteiger partial charge in [0.1, 0.15) is 6.10 Å². The van der Waals surface area contributed by atoms with E-state index >= 15 is 0 Å². The molecule has 5 nitrogen and oxygen atoms in total. The molecule has 0 fully saturated rings. The zero-order valence-electron chi connectivity index (χ0n) is 7.64. The molecule has 0 aliphatic heterocycles. The summed E-state index contributed by atoms with van der Waals surface area (Å²) >= 11 is 5.52. The molecule has 1 heterocycles. The van der Waals surface area contributed by atoms with Gasteiger partial charge in [-0.1, -0.05) is 11.6 Å². The van der Waals surface area contributed by atoms with Gasteiger partial charge in [0.25, 0.3) is 10.1 Å². The number of nitrogens with zero attached hydrogens (tertiary/aromatic N) is 2. The van der Waals surface area contributed by atoms with Gasteiger partial charge in [0.15, 0.2) is 5.15 Å². The first-order valence-electron chi connectivity index (χ1n) is 3.76. The van der Waals surface area contributed by atoms with E-state index in [1.807, 2.05) is 0 Å². The lowest BCUT2D eigenvalue weighted by molar-refractivity contribution is 0.230. The molecule has 0 saturated heterocycles. The van der Waals surface area contributed by atoms with Crippen LogP contribution in [0.5, 0.6) is 0 Å². The summed E-state index contributed by atoms with van der Waals surface area (Å²) in [5.41, 5.74) is 0.417. The second-order valence-corrected chi connectivity index (χ2v) is 4.71. The normalized spacial score (nSPS) is 13.9. The van der Waals surface area contributed by atoms with Gasteiger partial charge in [0.05, 0.1) is 11.9 Å². The Balaban J connectivity index is 2.80. The summed E-state index contributed by atoms with van der Waals surface area (Å²) in [6, 6.07) is 3.08. The number of hydrogen-bond acceptors (Lipinski definition) is 5. The molecule has 0 amide bonds. The SMILES string of the molecule is CC(OS(C)(=O)=O)c1ccc(Cl)nn1. The van der Waals surface area contributed by atoms with Crippen molar-refractivity contribution in [1.29, 1.82) is 0 Å². The highest BCUT2D eigenvalue weighted by atomic mass is 35.5. The van der Waals surface area contributed by atoms with Gasteiger partial charge in [-0.2, -0.15) is 13.5 Å². The Morgan fingerprint density at radius 1 is 1.43 bits per heavy atom. The number of hydrogen-bond donors (Lipinski definition) is 0. The van der Waals surface area contributed by atoms with Crippen LogP contribution in [0.3, 0.4) is 0 Å². The summed E-state index contributed by atoms with van der Waals surface area (Å²) in [6.07, 6.45) is 0.321. The molecule has 0 N–H and O–H groups in total. The maximum absolute atomic E-state index is 10.8. The zero-order valence-corrected chi connectivity index (χ0v) is 9.21.